The zero-order valence-electron chi connectivity index (χ0n) is 9.50. The number of aliphatic carboxylic acids is 1. The fourth-order valence-corrected chi connectivity index (χ4v) is 3.07. The van der Waals surface area contributed by atoms with Crippen LogP contribution in [0.2, 0.25) is 0 Å². The summed E-state index contributed by atoms with van der Waals surface area (Å²) in [7, 11) is 0. The van der Waals surface area contributed by atoms with E-state index in [4.69, 9.17) is 10.2 Å². The van der Waals surface area contributed by atoms with Gasteiger partial charge in [0.15, 0.2) is 0 Å². The zero-order chi connectivity index (χ0) is 13.1. The van der Waals surface area contributed by atoms with Crippen LogP contribution in [0.5, 0.6) is 0 Å². The number of aliphatic hydroxyl groups excluding tert-OH is 1. The summed E-state index contributed by atoms with van der Waals surface area (Å²) >= 11 is 1.58. The van der Waals surface area contributed by atoms with Gasteiger partial charge in [-0.15, -0.1) is 11.8 Å². The number of carboxylic acids is 1. The number of fused-ring (bicyclic) bond motifs is 1. The maximum atomic E-state index is 12.0. The number of carbonyl (C=O) groups is 2. The first kappa shape index (κ1) is 12.9. The molecule has 1 aliphatic heterocycles. The number of benzene rings is 1. The minimum atomic E-state index is -1.24. The summed E-state index contributed by atoms with van der Waals surface area (Å²) in [4.78, 5) is 23.8. The van der Waals surface area contributed by atoms with E-state index in [1.54, 1.807) is 11.8 Å². The predicted octanol–water partition coefficient (Wildman–Crippen LogP) is 0.438. The van der Waals surface area contributed by atoms with E-state index in [1.807, 2.05) is 24.3 Å². The van der Waals surface area contributed by atoms with Crippen molar-refractivity contribution in [1.29, 1.82) is 0 Å². The van der Waals surface area contributed by atoms with Gasteiger partial charge in [-0.25, -0.2) is 4.79 Å². The zero-order valence-corrected chi connectivity index (χ0v) is 10.3. The van der Waals surface area contributed by atoms with Crippen LogP contribution in [0, 0.1) is 0 Å². The molecule has 1 amide bonds. The summed E-state index contributed by atoms with van der Waals surface area (Å²) < 4.78 is 0. The van der Waals surface area contributed by atoms with E-state index in [0.29, 0.717) is 5.75 Å². The van der Waals surface area contributed by atoms with Crippen molar-refractivity contribution in [2.45, 2.75) is 16.9 Å². The Bertz CT molecular complexity index is 477. The normalized spacial score (nSPS) is 19.1. The molecule has 0 fully saturated rings. The van der Waals surface area contributed by atoms with Crippen LogP contribution in [0.25, 0.3) is 0 Å². The Morgan fingerprint density at radius 1 is 1.44 bits per heavy atom. The van der Waals surface area contributed by atoms with Gasteiger partial charge in [0.1, 0.15) is 6.04 Å². The van der Waals surface area contributed by atoms with Gasteiger partial charge < -0.3 is 15.5 Å². The largest absolute Gasteiger partial charge is 0.480 e. The number of thioether (sulfide) groups is 1. The Morgan fingerprint density at radius 2 is 2.17 bits per heavy atom. The molecule has 1 heterocycles. The Morgan fingerprint density at radius 3 is 2.83 bits per heavy atom. The molecule has 1 unspecified atom stereocenters. The van der Waals surface area contributed by atoms with Gasteiger partial charge in [-0.3, -0.25) is 4.79 Å². The monoisotopic (exact) mass is 267 g/mol. The van der Waals surface area contributed by atoms with E-state index in [2.05, 4.69) is 5.32 Å². The SMILES string of the molecule is O=C(N[C@@H](CO)C(=O)O)C1CSc2ccccc21. The highest BCUT2D eigenvalue weighted by molar-refractivity contribution is 7.99. The second-order valence-corrected chi connectivity index (χ2v) is 5.05. The molecule has 0 spiro atoms. The van der Waals surface area contributed by atoms with Crippen LogP contribution in [0.15, 0.2) is 29.2 Å². The van der Waals surface area contributed by atoms with Crippen molar-refractivity contribution in [2.24, 2.45) is 0 Å². The molecule has 0 saturated carbocycles. The van der Waals surface area contributed by atoms with Crippen molar-refractivity contribution < 1.29 is 19.8 Å². The third-order valence-corrected chi connectivity index (χ3v) is 4.00. The van der Waals surface area contributed by atoms with Crippen LogP contribution in [0.4, 0.5) is 0 Å². The summed E-state index contributed by atoms with van der Waals surface area (Å²) in [5.74, 6) is -1.33. The van der Waals surface area contributed by atoms with Crippen LogP contribution in [-0.2, 0) is 9.59 Å². The number of carbonyl (C=O) groups excluding carboxylic acids is 1. The molecule has 96 valence electrons. The van der Waals surface area contributed by atoms with Crippen LogP contribution in [0.1, 0.15) is 11.5 Å². The Hall–Kier alpha value is -1.53. The van der Waals surface area contributed by atoms with Crippen LogP contribution >= 0.6 is 11.8 Å². The van der Waals surface area contributed by atoms with Crippen LogP contribution in [-0.4, -0.2) is 40.5 Å². The first-order valence-electron chi connectivity index (χ1n) is 5.49. The standard InChI is InChI=1S/C12H13NO4S/c14-5-9(12(16)17)13-11(15)8-6-18-10-4-2-1-3-7(8)10/h1-4,8-9,14H,5-6H2,(H,13,15)(H,16,17)/t8?,9-/m0/s1. The average Bonchev–Trinajstić information content (AvgIpc) is 2.79. The number of aliphatic hydroxyl groups is 1. The second-order valence-electron chi connectivity index (χ2n) is 3.98. The summed E-state index contributed by atoms with van der Waals surface area (Å²) in [6.07, 6.45) is 0. The highest BCUT2D eigenvalue weighted by Gasteiger charge is 2.31. The highest BCUT2D eigenvalue weighted by Crippen LogP contribution is 2.39. The molecule has 1 aromatic carbocycles. The molecule has 1 aromatic rings. The Kier molecular flexibility index (Phi) is 3.88. The van der Waals surface area contributed by atoms with Crippen molar-refractivity contribution in [3.63, 3.8) is 0 Å². The van der Waals surface area contributed by atoms with Gasteiger partial charge in [-0.2, -0.15) is 0 Å². The maximum absolute atomic E-state index is 12.0. The third kappa shape index (κ3) is 2.49. The number of rotatable bonds is 4. The lowest BCUT2D eigenvalue weighted by Gasteiger charge is -2.15. The molecule has 0 aromatic heterocycles. The highest BCUT2D eigenvalue weighted by atomic mass is 32.2. The molecule has 0 radical (unpaired) electrons. The molecule has 0 bridgehead atoms. The van der Waals surface area contributed by atoms with E-state index >= 15 is 0 Å². The average molecular weight is 267 g/mol. The maximum Gasteiger partial charge on any atom is 0.328 e. The van der Waals surface area contributed by atoms with E-state index < -0.39 is 18.6 Å². The van der Waals surface area contributed by atoms with E-state index in [9.17, 15) is 9.59 Å². The minimum Gasteiger partial charge on any atom is -0.480 e. The lowest BCUT2D eigenvalue weighted by molar-refractivity contribution is -0.143. The first-order valence-corrected chi connectivity index (χ1v) is 6.48. The predicted molar refractivity (Wildman–Crippen MR) is 66.6 cm³/mol. The second kappa shape index (κ2) is 5.41. The number of amides is 1. The first-order chi connectivity index (χ1) is 8.63. The summed E-state index contributed by atoms with van der Waals surface area (Å²) in [5, 5.41) is 20.0. The van der Waals surface area contributed by atoms with Crippen molar-refractivity contribution in [1.82, 2.24) is 5.32 Å². The lowest BCUT2D eigenvalue weighted by Crippen LogP contribution is -2.45. The van der Waals surface area contributed by atoms with Gasteiger partial charge in [-0.05, 0) is 11.6 Å². The fourth-order valence-electron chi connectivity index (χ4n) is 1.84. The fraction of sp³-hybridized carbons (Fsp3) is 0.333. The summed E-state index contributed by atoms with van der Waals surface area (Å²) in [5.41, 5.74) is 0.919. The van der Waals surface area contributed by atoms with E-state index in [0.717, 1.165) is 10.5 Å². The van der Waals surface area contributed by atoms with Crippen LogP contribution < -0.4 is 5.32 Å². The quantitative estimate of drug-likeness (QED) is 0.737. The van der Waals surface area contributed by atoms with Crippen molar-refractivity contribution in [3.8, 4) is 0 Å². The molecule has 2 atom stereocenters. The van der Waals surface area contributed by atoms with Gasteiger partial charge in [-0.1, -0.05) is 18.2 Å². The van der Waals surface area contributed by atoms with Gasteiger partial charge >= 0.3 is 5.97 Å². The molecule has 0 aliphatic carbocycles. The lowest BCUT2D eigenvalue weighted by atomic mass is 10.0. The van der Waals surface area contributed by atoms with Gasteiger partial charge in [0.25, 0.3) is 0 Å². The molecule has 5 nitrogen and oxygen atoms in total. The molecule has 6 heteroatoms. The van der Waals surface area contributed by atoms with Gasteiger partial charge in [0.05, 0.1) is 12.5 Å². The topological polar surface area (TPSA) is 86.6 Å². The molecular formula is C12H13NO4S. The van der Waals surface area contributed by atoms with Crippen LogP contribution in [0.3, 0.4) is 0 Å². The molecule has 0 saturated heterocycles. The minimum absolute atomic E-state index is 0.348. The number of hydrogen-bond donors (Lipinski definition) is 3. The molecular weight excluding hydrogens is 254 g/mol. The Labute approximate surface area is 108 Å². The number of hydrogen-bond acceptors (Lipinski definition) is 4. The molecule has 1 aliphatic rings. The van der Waals surface area contributed by atoms with Crippen molar-refractivity contribution in [3.05, 3.63) is 29.8 Å². The van der Waals surface area contributed by atoms with E-state index in [1.165, 1.54) is 0 Å². The molecule has 2 rings (SSSR count). The smallest absolute Gasteiger partial charge is 0.328 e. The number of carboxylic acid groups (broad SMARTS) is 1. The molecule has 18 heavy (non-hydrogen) atoms. The number of nitrogens with one attached hydrogen (secondary N) is 1. The van der Waals surface area contributed by atoms with Gasteiger partial charge in [0.2, 0.25) is 5.91 Å². The van der Waals surface area contributed by atoms with Gasteiger partial charge in [0, 0.05) is 10.6 Å². The summed E-state index contributed by atoms with van der Waals surface area (Å²) in [6, 6.07) is 6.32. The Balaban J connectivity index is 2.10. The van der Waals surface area contributed by atoms with Crippen molar-refractivity contribution >= 4 is 23.6 Å². The summed E-state index contributed by atoms with van der Waals surface area (Å²) in [6.45, 7) is -0.609. The van der Waals surface area contributed by atoms with Crippen molar-refractivity contribution in [2.75, 3.05) is 12.4 Å². The molecule has 3 N–H and O–H groups in total. The van der Waals surface area contributed by atoms with E-state index in [-0.39, 0.29) is 11.8 Å². The third-order valence-electron chi connectivity index (χ3n) is 2.81.